The van der Waals surface area contributed by atoms with Crippen LogP contribution in [0.1, 0.15) is 18.9 Å². The first-order valence-electron chi connectivity index (χ1n) is 5.07. The van der Waals surface area contributed by atoms with Gasteiger partial charge in [0.2, 0.25) is 5.91 Å². The molecule has 88 valence electrons. The summed E-state index contributed by atoms with van der Waals surface area (Å²) in [5, 5.41) is 11.5. The van der Waals surface area contributed by atoms with E-state index in [1.807, 2.05) is 0 Å². The lowest BCUT2D eigenvalue weighted by molar-refractivity contribution is -0.117. The average molecular weight is 266 g/mol. The zero-order valence-corrected chi connectivity index (χ0v) is 10.8. The molecular formula is C11H10N2O2S2. The van der Waals surface area contributed by atoms with Crippen molar-refractivity contribution in [1.82, 2.24) is 0 Å². The van der Waals surface area contributed by atoms with Gasteiger partial charge in [-0.05, 0) is 11.4 Å². The van der Waals surface area contributed by atoms with Crippen LogP contribution >= 0.6 is 23.1 Å². The Morgan fingerprint density at radius 3 is 3.12 bits per heavy atom. The summed E-state index contributed by atoms with van der Waals surface area (Å²) < 4.78 is 0. The van der Waals surface area contributed by atoms with Crippen LogP contribution in [0.5, 0.6) is 0 Å². The molecule has 1 aromatic heterocycles. The van der Waals surface area contributed by atoms with Crippen LogP contribution in [-0.4, -0.2) is 22.8 Å². The van der Waals surface area contributed by atoms with Gasteiger partial charge in [-0.3, -0.25) is 9.59 Å². The van der Waals surface area contributed by atoms with Crippen LogP contribution in [0.2, 0.25) is 0 Å². The minimum absolute atomic E-state index is 0.00800. The molecular weight excluding hydrogens is 256 g/mol. The Morgan fingerprint density at radius 1 is 1.71 bits per heavy atom. The lowest BCUT2D eigenvalue weighted by Crippen LogP contribution is -2.24. The quantitative estimate of drug-likeness (QED) is 0.821. The van der Waals surface area contributed by atoms with Gasteiger partial charge < -0.3 is 4.90 Å². The molecule has 1 aliphatic rings. The topological polar surface area (TPSA) is 61.2 Å². The number of carbonyl (C=O) groups excluding carboxylic acids is 2. The summed E-state index contributed by atoms with van der Waals surface area (Å²) in [6.07, 6.45) is 0.368. The predicted octanol–water partition coefficient (Wildman–Crippen LogP) is 2.00. The first kappa shape index (κ1) is 12.1. The number of nitrogens with zero attached hydrogens (tertiary/aromatic N) is 2. The monoisotopic (exact) mass is 266 g/mol. The van der Waals surface area contributed by atoms with Gasteiger partial charge in [-0.1, -0.05) is 11.8 Å². The van der Waals surface area contributed by atoms with Crippen LogP contribution in [0.3, 0.4) is 0 Å². The van der Waals surface area contributed by atoms with Gasteiger partial charge in [0.25, 0.3) is 0 Å². The second kappa shape index (κ2) is 4.90. The average Bonchev–Trinajstić information content (AvgIpc) is 2.83. The number of thioether (sulfide) groups is 1. The Morgan fingerprint density at radius 2 is 2.47 bits per heavy atom. The Labute approximate surface area is 107 Å². The van der Waals surface area contributed by atoms with Crippen molar-refractivity contribution >= 4 is 39.1 Å². The molecule has 1 aromatic rings. The van der Waals surface area contributed by atoms with E-state index in [-0.39, 0.29) is 16.3 Å². The minimum Gasteiger partial charge on any atom is -0.302 e. The molecule has 0 spiro atoms. The molecule has 1 unspecified atom stereocenters. The van der Waals surface area contributed by atoms with Gasteiger partial charge in [0.05, 0.1) is 5.56 Å². The van der Waals surface area contributed by atoms with Crippen LogP contribution in [0.4, 0.5) is 5.00 Å². The van der Waals surface area contributed by atoms with Gasteiger partial charge in [0.15, 0.2) is 5.12 Å². The van der Waals surface area contributed by atoms with Crippen molar-refractivity contribution in [2.45, 2.75) is 18.6 Å². The maximum absolute atomic E-state index is 11.8. The van der Waals surface area contributed by atoms with E-state index < -0.39 is 0 Å². The molecule has 0 aliphatic carbocycles. The van der Waals surface area contributed by atoms with Crippen LogP contribution < -0.4 is 4.90 Å². The highest BCUT2D eigenvalue weighted by atomic mass is 32.2. The summed E-state index contributed by atoms with van der Waals surface area (Å²) in [7, 11) is 0. The van der Waals surface area contributed by atoms with Crippen LogP contribution in [-0.2, 0) is 9.59 Å². The molecule has 4 nitrogen and oxygen atoms in total. The summed E-state index contributed by atoms with van der Waals surface area (Å²) in [4.78, 5) is 24.5. The summed E-state index contributed by atoms with van der Waals surface area (Å²) >= 11 is 2.59. The zero-order chi connectivity index (χ0) is 12.4. The zero-order valence-electron chi connectivity index (χ0n) is 9.17. The van der Waals surface area contributed by atoms with E-state index in [2.05, 4.69) is 6.07 Å². The van der Waals surface area contributed by atoms with Crippen LogP contribution in [0, 0.1) is 11.3 Å². The van der Waals surface area contributed by atoms with Gasteiger partial charge >= 0.3 is 0 Å². The smallest absolute Gasteiger partial charge is 0.228 e. The van der Waals surface area contributed by atoms with Gasteiger partial charge in [-0.15, -0.1) is 11.3 Å². The molecule has 1 saturated heterocycles. The third-order valence-corrected chi connectivity index (χ3v) is 4.35. The standard InChI is InChI=1S/C11H10N2O2S2/c1-7(14)17-9-4-10(15)13(6-9)11-8(5-12)2-3-16-11/h2-3,9H,4,6H2,1H3. The third-order valence-electron chi connectivity index (χ3n) is 2.43. The van der Waals surface area contributed by atoms with Crippen molar-refractivity contribution in [2.75, 3.05) is 11.4 Å². The van der Waals surface area contributed by atoms with E-state index in [0.717, 1.165) is 0 Å². The van der Waals surface area contributed by atoms with Gasteiger partial charge in [-0.25, -0.2) is 0 Å². The number of amides is 1. The number of carbonyl (C=O) groups is 2. The summed E-state index contributed by atoms with van der Waals surface area (Å²) in [6, 6.07) is 3.78. The molecule has 6 heteroatoms. The fraction of sp³-hybridized carbons (Fsp3) is 0.364. The van der Waals surface area contributed by atoms with E-state index in [4.69, 9.17) is 5.26 Å². The third kappa shape index (κ3) is 2.51. The number of nitriles is 1. The van der Waals surface area contributed by atoms with Crippen molar-refractivity contribution in [3.63, 3.8) is 0 Å². The summed E-state index contributed by atoms with van der Waals surface area (Å²) in [5.74, 6) is -0.0114. The molecule has 1 fully saturated rings. The molecule has 2 rings (SSSR count). The van der Waals surface area contributed by atoms with Crippen molar-refractivity contribution < 1.29 is 9.59 Å². The van der Waals surface area contributed by atoms with Crippen molar-refractivity contribution in [1.29, 1.82) is 5.26 Å². The highest BCUT2D eigenvalue weighted by molar-refractivity contribution is 8.14. The van der Waals surface area contributed by atoms with Gasteiger partial charge in [0.1, 0.15) is 11.1 Å². The number of anilines is 1. The van der Waals surface area contributed by atoms with Gasteiger partial charge in [-0.2, -0.15) is 5.26 Å². The fourth-order valence-corrected chi connectivity index (χ4v) is 3.58. The molecule has 17 heavy (non-hydrogen) atoms. The lowest BCUT2D eigenvalue weighted by Gasteiger charge is -2.14. The first-order valence-corrected chi connectivity index (χ1v) is 6.83. The van der Waals surface area contributed by atoms with E-state index in [1.54, 1.807) is 16.3 Å². The highest BCUT2D eigenvalue weighted by Crippen LogP contribution is 2.33. The van der Waals surface area contributed by atoms with Crippen molar-refractivity contribution in [2.24, 2.45) is 0 Å². The molecule has 0 N–H and O–H groups in total. The van der Waals surface area contributed by atoms with Crippen molar-refractivity contribution in [3.05, 3.63) is 17.0 Å². The SMILES string of the molecule is CC(=O)SC1CC(=O)N(c2sccc2C#N)C1. The van der Waals surface area contributed by atoms with E-state index >= 15 is 0 Å². The van der Waals surface area contributed by atoms with Crippen LogP contribution in [0.25, 0.3) is 0 Å². The molecule has 1 amide bonds. The van der Waals surface area contributed by atoms with Crippen molar-refractivity contribution in [3.8, 4) is 6.07 Å². The highest BCUT2D eigenvalue weighted by Gasteiger charge is 2.33. The molecule has 0 aromatic carbocycles. The van der Waals surface area contributed by atoms with Crippen LogP contribution in [0.15, 0.2) is 11.4 Å². The Balaban J connectivity index is 2.16. The second-order valence-corrected chi connectivity index (χ2v) is 6.06. The fourth-order valence-electron chi connectivity index (χ4n) is 1.78. The lowest BCUT2D eigenvalue weighted by atomic mass is 10.3. The molecule has 0 radical (unpaired) electrons. The molecule has 1 aliphatic heterocycles. The first-order chi connectivity index (χ1) is 8.11. The molecule has 1 atom stereocenters. The summed E-state index contributed by atoms with van der Waals surface area (Å²) in [5.41, 5.74) is 0.525. The second-order valence-electron chi connectivity index (χ2n) is 3.69. The van der Waals surface area contributed by atoms with E-state index in [1.165, 1.54) is 30.0 Å². The largest absolute Gasteiger partial charge is 0.302 e. The Bertz CT molecular complexity index is 504. The number of hydrogen-bond acceptors (Lipinski definition) is 5. The maximum atomic E-state index is 11.8. The number of hydrogen-bond donors (Lipinski definition) is 0. The van der Waals surface area contributed by atoms with E-state index in [0.29, 0.717) is 23.5 Å². The predicted molar refractivity (Wildman–Crippen MR) is 68.1 cm³/mol. The Kier molecular flexibility index (Phi) is 3.50. The molecule has 2 heterocycles. The Hall–Kier alpha value is -1.32. The normalized spacial score (nSPS) is 19.4. The van der Waals surface area contributed by atoms with E-state index in [9.17, 15) is 9.59 Å². The molecule has 0 saturated carbocycles. The molecule has 0 bridgehead atoms. The maximum Gasteiger partial charge on any atom is 0.228 e. The number of thiophene rings is 1. The minimum atomic E-state index is -0.0114. The van der Waals surface area contributed by atoms with Gasteiger partial charge in [0, 0.05) is 25.1 Å². The number of rotatable bonds is 2. The summed E-state index contributed by atoms with van der Waals surface area (Å²) in [6.45, 7) is 2.02.